The highest BCUT2D eigenvalue weighted by atomic mass is 16.5. The van der Waals surface area contributed by atoms with Crippen molar-refractivity contribution in [2.75, 3.05) is 39.9 Å². The molecular formula is C14H28N2O. The molecule has 0 aromatic heterocycles. The van der Waals surface area contributed by atoms with Crippen LogP contribution >= 0.6 is 0 Å². The predicted octanol–water partition coefficient (Wildman–Crippen LogP) is 1.88. The Morgan fingerprint density at radius 2 is 2.18 bits per heavy atom. The molecule has 1 N–H and O–H groups in total. The Kier molecular flexibility index (Phi) is 4.83. The molecule has 1 saturated carbocycles. The smallest absolute Gasteiger partial charge is 0.0468 e. The van der Waals surface area contributed by atoms with Crippen LogP contribution in [0.4, 0.5) is 0 Å². The fourth-order valence-corrected chi connectivity index (χ4v) is 2.94. The second-order valence-corrected chi connectivity index (χ2v) is 5.87. The van der Waals surface area contributed by atoms with Crippen LogP contribution in [0.15, 0.2) is 0 Å². The normalized spacial score (nSPS) is 28.9. The Labute approximate surface area is 106 Å². The molecule has 0 aromatic carbocycles. The predicted molar refractivity (Wildman–Crippen MR) is 71.3 cm³/mol. The third-order valence-corrected chi connectivity index (χ3v) is 4.50. The van der Waals surface area contributed by atoms with Gasteiger partial charge in [0.25, 0.3) is 0 Å². The van der Waals surface area contributed by atoms with E-state index in [1.807, 2.05) is 7.11 Å². The second-order valence-electron chi connectivity index (χ2n) is 5.87. The molecule has 1 atom stereocenters. The number of ether oxygens (including phenoxy) is 1. The highest BCUT2D eigenvalue weighted by Gasteiger charge is 2.43. The van der Waals surface area contributed by atoms with Crippen LogP contribution in [0.2, 0.25) is 0 Å². The molecule has 17 heavy (non-hydrogen) atoms. The van der Waals surface area contributed by atoms with Gasteiger partial charge in [-0.05, 0) is 44.1 Å². The van der Waals surface area contributed by atoms with Gasteiger partial charge in [0.2, 0.25) is 0 Å². The first-order valence-electron chi connectivity index (χ1n) is 7.23. The van der Waals surface area contributed by atoms with E-state index in [0.717, 1.165) is 12.6 Å². The topological polar surface area (TPSA) is 24.5 Å². The van der Waals surface area contributed by atoms with Crippen molar-refractivity contribution in [3.8, 4) is 0 Å². The summed E-state index contributed by atoms with van der Waals surface area (Å²) in [7, 11) is 1.82. The molecule has 2 fully saturated rings. The van der Waals surface area contributed by atoms with Crippen LogP contribution in [0, 0.1) is 5.41 Å². The average Bonchev–Trinajstić information content (AvgIpc) is 3.12. The third-order valence-electron chi connectivity index (χ3n) is 4.50. The zero-order valence-electron chi connectivity index (χ0n) is 11.5. The fourth-order valence-electron chi connectivity index (χ4n) is 2.94. The van der Waals surface area contributed by atoms with E-state index in [2.05, 4.69) is 17.1 Å². The van der Waals surface area contributed by atoms with Crippen molar-refractivity contribution in [3.63, 3.8) is 0 Å². The minimum Gasteiger partial charge on any atom is -0.385 e. The van der Waals surface area contributed by atoms with Gasteiger partial charge in [-0.15, -0.1) is 0 Å². The summed E-state index contributed by atoms with van der Waals surface area (Å²) in [4.78, 5) is 2.67. The Morgan fingerprint density at radius 3 is 2.82 bits per heavy atom. The van der Waals surface area contributed by atoms with Crippen molar-refractivity contribution in [2.45, 2.75) is 45.1 Å². The van der Waals surface area contributed by atoms with E-state index in [0.29, 0.717) is 5.41 Å². The van der Waals surface area contributed by atoms with Crippen LogP contribution in [-0.4, -0.2) is 50.8 Å². The Hall–Kier alpha value is -0.120. The molecule has 1 aliphatic heterocycles. The van der Waals surface area contributed by atoms with Gasteiger partial charge in [0.15, 0.2) is 0 Å². The van der Waals surface area contributed by atoms with Crippen LogP contribution in [-0.2, 0) is 4.74 Å². The molecule has 0 spiro atoms. The Bertz CT molecular complexity index is 228. The molecule has 0 amide bonds. The highest BCUT2D eigenvalue weighted by Crippen LogP contribution is 2.49. The van der Waals surface area contributed by atoms with E-state index in [9.17, 15) is 0 Å². The van der Waals surface area contributed by atoms with E-state index in [-0.39, 0.29) is 0 Å². The number of nitrogens with one attached hydrogen (secondary N) is 1. The first-order chi connectivity index (χ1) is 8.28. The largest absolute Gasteiger partial charge is 0.385 e. The van der Waals surface area contributed by atoms with Crippen LogP contribution in [0.25, 0.3) is 0 Å². The molecule has 100 valence electrons. The molecule has 1 heterocycles. The molecule has 3 nitrogen and oxygen atoms in total. The SMILES string of the molecule is CCC1CCN(CC2(CCOC)CC2)CCN1. The van der Waals surface area contributed by atoms with E-state index in [1.54, 1.807) is 0 Å². The third kappa shape index (κ3) is 3.94. The number of hydrogen-bond acceptors (Lipinski definition) is 3. The van der Waals surface area contributed by atoms with Crippen molar-refractivity contribution in [1.82, 2.24) is 10.2 Å². The van der Waals surface area contributed by atoms with Crippen LogP contribution < -0.4 is 5.32 Å². The zero-order chi connectivity index (χ0) is 12.1. The number of hydrogen-bond donors (Lipinski definition) is 1. The summed E-state index contributed by atoms with van der Waals surface area (Å²) in [6, 6.07) is 0.745. The van der Waals surface area contributed by atoms with Crippen molar-refractivity contribution in [1.29, 1.82) is 0 Å². The monoisotopic (exact) mass is 240 g/mol. The fraction of sp³-hybridized carbons (Fsp3) is 1.00. The lowest BCUT2D eigenvalue weighted by molar-refractivity contribution is 0.149. The average molecular weight is 240 g/mol. The summed E-state index contributed by atoms with van der Waals surface area (Å²) < 4.78 is 5.24. The van der Waals surface area contributed by atoms with Crippen molar-refractivity contribution < 1.29 is 4.74 Å². The van der Waals surface area contributed by atoms with Gasteiger partial charge >= 0.3 is 0 Å². The number of rotatable bonds is 6. The first kappa shape index (κ1) is 13.3. The van der Waals surface area contributed by atoms with E-state index in [4.69, 9.17) is 4.74 Å². The molecule has 0 radical (unpaired) electrons. The van der Waals surface area contributed by atoms with E-state index in [1.165, 1.54) is 58.3 Å². The van der Waals surface area contributed by atoms with Crippen LogP contribution in [0.1, 0.15) is 39.0 Å². The van der Waals surface area contributed by atoms with Gasteiger partial charge in [-0.3, -0.25) is 0 Å². The zero-order valence-corrected chi connectivity index (χ0v) is 11.5. The van der Waals surface area contributed by atoms with Crippen molar-refractivity contribution in [3.05, 3.63) is 0 Å². The summed E-state index contributed by atoms with van der Waals surface area (Å²) in [5.74, 6) is 0. The van der Waals surface area contributed by atoms with Crippen molar-refractivity contribution in [2.24, 2.45) is 5.41 Å². The van der Waals surface area contributed by atoms with Gasteiger partial charge in [-0.25, -0.2) is 0 Å². The van der Waals surface area contributed by atoms with Gasteiger partial charge in [0.1, 0.15) is 0 Å². The first-order valence-corrected chi connectivity index (χ1v) is 7.23. The molecule has 3 heteroatoms. The lowest BCUT2D eigenvalue weighted by Crippen LogP contribution is -2.34. The van der Waals surface area contributed by atoms with Gasteiger partial charge in [0.05, 0.1) is 0 Å². The van der Waals surface area contributed by atoms with Crippen LogP contribution in [0.5, 0.6) is 0 Å². The summed E-state index contributed by atoms with van der Waals surface area (Å²) in [5.41, 5.74) is 0.613. The maximum Gasteiger partial charge on any atom is 0.0468 e. The Morgan fingerprint density at radius 1 is 1.35 bits per heavy atom. The molecule has 2 rings (SSSR count). The maximum atomic E-state index is 5.24. The maximum absolute atomic E-state index is 5.24. The molecule has 0 bridgehead atoms. The number of nitrogens with zero attached hydrogens (tertiary/aromatic N) is 1. The molecular weight excluding hydrogens is 212 g/mol. The summed E-state index contributed by atoms with van der Waals surface area (Å²) >= 11 is 0. The van der Waals surface area contributed by atoms with E-state index < -0.39 is 0 Å². The Balaban J connectivity index is 1.75. The molecule has 0 aromatic rings. The molecule has 1 saturated heterocycles. The van der Waals surface area contributed by atoms with Gasteiger partial charge in [-0.2, -0.15) is 0 Å². The molecule has 1 aliphatic carbocycles. The van der Waals surface area contributed by atoms with Crippen LogP contribution in [0.3, 0.4) is 0 Å². The minimum atomic E-state index is 0.613. The quantitative estimate of drug-likeness (QED) is 0.767. The van der Waals surface area contributed by atoms with E-state index >= 15 is 0 Å². The summed E-state index contributed by atoms with van der Waals surface area (Å²) in [5, 5.41) is 3.64. The lowest BCUT2D eigenvalue weighted by Gasteiger charge is -2.25. The second kappa shape index (κ2) is 6.17. The van der Waals surface area contributed by atoms with Crippen molar-refractivity contribution >= 4 is 0 Å². The standard InChI is InChI=1S/C14H28N2O/c1-3-13-4-9-16(10-8-15-13)12-14(5-6-14)7-11-17-2/h13,15H,3-12H2,1-2H3. The van der Waals surface area contributed by atoms with Gasteiger partial charge in [0, 0.05) is 39.4 Å². The number of methoxy groups -OCH3 is 1. The van der Waals surface area contributed by atoms with Gasteiger partial charge in [-0.1, -0.05) is 6.92 Å². The van der Waals surface area contributed by atoms with Gasteiger partial charge < -0.3 is 15.0 Å². The molecule has 2 aliphatic rings. The summed E-state index contributed by atoms with van der Waals surface area (Å²) in [6.45, 7) is 8.19. The molecule has 1 unspecified atom stereocenters. The minimum absolute atomic E-state index is 0.613. The lowest BCUT2D eigenvalue weighted by atomic mass is 10.0. The summed E-state index contributed by atoms with van der Waals surface area (Å²) in [6.07, 6.45) is 6.67. The highest BCUT2D eigenvalue weighted by molar-refractivity contribution is 4.96.